The molecular formula is C13H13ClN8O5. The van der Waals surface area contributed by atoms with E-state index in [0.29, 0.717) is 0 Å². The zero-order valence-corrected chi connectivity index (χ0v) is 14.7. The summed E-state index contributed by atoms with van der Waals surface area (Å²) in [7, 11) is 3.21. The van der Waals surface area contributed by atoms with Gasteiger partial charge in [-0.3, -0.25) is 41.3 Å². The highest BCUT2D eigenvalue weighted by Crippen LogP contribution is 2.28. The third-order valence-corrected chi connectivity index (χ3v) is 3.35. The van der Waals surface area contributed by atoms with Crippen molar-refractivity contribution in [1.29, 1.82) is 0 Å². The summed E-state index contributed by atoms with van der Waals surface area (Å²) in [6.07, 6.45) is 1.06. The smallest absolute Gasteiger partial charge is 0.298 e. The fraction of sp³-hybridized carbons (Fsp3) is 0.154. The molecule has 2 aromatic rings. The third-order valence-electron chi connectivity index (χ3n) is 3.03. The molecule has 0 aliphatic heterocycles. The molecule has 0 aliphatic carbocycles. The lowest BCUT2D eigenvalue weighted by Gasteiger charge is -2.14. The highest BCUT2D eigenvalue weighted by molar-refractivity contribution is 6.32. The molecule has 1 aromatic heterocycles. The lowest BCUT2D eigenvalue weighted by molar-refractivity contribution is -0.384. The molecule has 0 aliphatic rings. The van der Waals surface area contributed by atoms with Gasteiger partial charge < -0.3 is 0 Å². The summed E-state index contributed by atoms with van der Waals surface area (Å²) in [6.45, 7) is 0. The first-order valence-corrected chi connectivity index (χ1v) is 7.52. The summed E-state index contributed by atoms with van der Waals surface area (Å²) in [4.78, 5) is 40.4. The zero-order chi connectivity index (χ0) is 20.1. The van der Waals surface area contributed by atoms with Gasteiger partial charge in [-0.25, -0.2) is 15.0 Å². The Kier molecular flexibility index (Phi) is 5.99. The molecule has 1 amide bonds. The number of halogens is 1. The summed E-state index contributed by atoms with van der Waals surface area (Å²) in [5, 5.41) is 23.5. The second kappa shape index (κ2) is 8.20. The Morgan fingerprint density at radius 2 is 1.81 bits per heavy atom. The van der Waals surface area contributed by atoms with Gasteiger partial charge in [-0.2, -0.15) is 0 Å². The topological polar surface area (TPSA) is 168 Å². The summed E-state index contributed by atoms with van der Waals surface area (Å²) in [5.41, 5.74) is 6.10. The van der Waals surface area contributed by atoms with E-state index >= 15 is 0 Å². The first-order chi connectivity index (χ1) is 12.7. The third kappa shape index (κ3) is 4.74. The molecule has 0 radical (unpaired) electrons. The maximum atomic E-state index is 12.2. The van der Waals surface area contributed by atoms with E-state index in [1.165, 1.54) is 17.1 Å². The van der Waals surface area contributed by atoms with E-state index in [-0.39, 0.29) is 22.2 Å². The summed E-state index contributed by atoms with van der Waals surface area (Å²) in [5.74, 6) is -1.17. The van der Waals surface area contributed by atoms with Crippen LogP contribution in [0.3, 0.4) is 0 Å². The molecule has 1 heterocycles. The monoisotopic (exact) mass is 396 g/mol. The normalized spacial score (nSPS) is 10.4. The number of nitro benzene ring substituents is 1. The van der Waals surface area contributed by atoms with Crippen molar-refractivity contribution in [3.05, 3.63) is 55.3 Å². The van der Waals surface area contributed by atoms with E-state index in [1.807, 2.05) is 0 Å². The van der Waals surface area contributed by atoms with Crippen LogP contribution in [0.1, 0.15) is 10.4 Å². The number of carbonyl (C=O) groups is 1. The number of nitrogens with zero attached hydrogens (tertiary/aromatic N) is 5. The molecule has 0 saturated carbocycles. The number of rotatable bonds is 7. The van der Waals surface area contributed by atoms with Crippen LogP contribution in [0.4, 0.5) is 23.0 Å². The number of carbonyl (C=O) groups excluding carboxylic acids is 1. The Balaban J connectivity index is 2.24. The number of hydrogen-bond donors (Lipinski definition) is 3. The molecule has 14 heteroatoms. The average molecular weight is 397 g/mol. The molecule has 0 fully saturated rings. The lowest BCUT2D eigenvalue weighted by atomic mass is 10.2. The van der Waals surface area contributed by atoms with Crippen LogP contribution >= 0.6 is 11.6 Å². The molecule has 27 heavy (non-hydrogen) atoms. The predicted molar refractivity (Wildman–Crippen MR) is 95.2 cm³/mol. The van der Waals surface area contributed by atoms with Crippen LogP contribution in [0.5, 0.6) is 0 Å². The van der Waals surface area contributed by atoms with Gasteiger partial charge in [-0.15, -0.1) is 0 Å². The highest BCUT2D eigenvalue weighted by atomic mass is 35.5. The van der Waals surface area contributed by atoms with Gasteiger partial charge in [0.25, 0.3) is 11.6 Å². The van der Waals surface area contributed by atoms with E-state index < -0.39 is 27.1 Å². The fourth-order valence-electron chi connectivity index (χ4n) is 1.92. The van der Waals surface area contributed by atoms with Gasteiger partial charge in [0, 0.05) is 25.7 Å². The van der Waals surface area contributed by atoms with Crippen LogP contribution in [-0.4, -0.2) is 44.8 Å². The zero-order valence-electron chi connectivity index (χ0n) is 14.0. The second-order valence-corrected chi connectivity index (χ2v) is 5.59. The van der Waals surface area contributed by atoms with Gasteiger partial charge in [0.1, 0.15) is 11.3 Å². The molecule has 1 aromatic carbocycles. The first kappa shape index (κ1) is 19.7. The van der Waals surface area contributed by atoms with E-state index in [2.05, 4.69) is 26.2 Å². The Morgan fingerprint density at radius 3 is 2.41 bits per heavy atom. The number of nitrogens with one attached hydrogen (secondary N) is 3. The predicted octanol–water partition coefficient (Wildman–Crippen LogP) is 1.59. The molecular weight excluding hydrogens is 384 g/mol. The maximum Gasteiger partial charge on any atom is 0.356 e. The van der Waals surface area contributed by atoms with E-state index in [0.717, 1.165) is 12.4 Å². The number of hydrogen-bond acceptors (Lipinski definition) is 10. The Bertz CT molecular complexity index is 906. The quantitative estimate of drug-likeness (QED) is 0.461. The van der Waals surface area contributed by atoms with Crippen molar-refractivity contribution in [2.75, 3.05) is 24.9 Å². The molecule has 0 unspecified atom stereocenters. The van der Waals surface area contributed by atoms with Crippen LogP contribution in [0.2, 0.25) is 5.02 Å². The van der Waals surface area contributed by atoms with E-state index in [9.17, 15) is 25.0 Å². The van der Waals surface area contributed by atoms with E-state index in [4.69, 9.17) is 11.6 Å². The molecule has 0 atom stereocenters. The summed E-state index contributed by atoms with van der Waals surface area (Å²) >= 11 is 5.69. The highest BCUT2D eigenvalue weighted by Gasteiger charge is 2.24. The van der Waals surface area contributed by atoms with Gasteiger partial charge in [0.05, 0.1) is 9.85 Å². The molecule has 3 N–H and O–H groups in total. The van der Waals surface area contributed by atoms with Crippen molar-refractivity contribution in [3.8, 4) is 0 Å². The lowest BCUT2D eigenvalue weighted by Crippen LogP contribution is -2.30. The minimum Gasteiger partial charge on any atom is -0.298 e. The minimum atomic E-state index is -0.787. The van der Waals surface area contributed by atoms with Crippen LogP contribution in [0.25, 0.3) is 0 Å². The SMILES string of the molecule is CN(C)Nc1ncnc(NNC(=O)c2ccc(Cl)c([N+](=O)[O-])c2)c1[N+](=O)[O-]. The molecule has 0 saturated heterocycles. The van der Waals surface area contributed by atoms with Crippen LogP contribution in [0, 0.1) is 20.2 Å². The molecule has 0 spiro atoms. The van der Waals surface area contributed by atoms with Gasteiger partial charge in [0.2, 0.25) is 11.6 Å². The summed E-state index contributed by atoms with van der Waals surface area (Å²) < 4.78 is 0. The first-order valence-electron chi connectivity index (χ1n) is 7.14. The minimum absolute atomic E-state index is 0.0815. The number of benzene rings is 1. The van der Waals surface area contributed by atoms with Gasteiger partial charge >= 0.3 is 5.69 Å². The average Bonchev–Trinajstić information content (AvgIpc) is 2.59. The van der Waals surface area contributed by atoms with Gasteiger partial charge in [0.15, 0.2) is 0 Å². The second-order valence-electron chi connectivity index (χ2n) is 5.19. The summed E-state index contributed by atoms with van der Waals surface area (Å²) in [6, 6.07) is 3.44. The fourth-order valence-corrected chi connectivity index (χ4v) is 2.11. The molecule has 0 bridgehead atoms. The number of anilines is 2. The number of hydrazine groups is 2. The van der Waals surface area contributed by atoms with Crippen molar-refractivity contribution in [1.82, 2.24) is 20.4 Å². The molecule has 142 valence electrons. The van der Waals surface area contributed by atoms with Gasteiger partial charge in [-0.1, -0.05) is 11.6 Å². The van der Waals surface area contributed by atoms with Crippen molar-refractivity contribution in [2.45, 2.75) is 0 Å². The van der Waals surface area contributed by atoms with Crippen LogP contribution in [-0.2, 0) is 0 Å². The number of aromatic nitrogens is 2. The number of amides is 1. The van der Waals surface area contributed by atoms with Crippen molar-refractivity contribution in [3.63, 3.8) is 0 Å². The number of nitro groups is 2. The van der Waals surface area contributed by atoms with Gasteiger partial charge in [-0.05, 0) is 12.1 Å². The van der Waals surface area contributed by atoms with Crippen molar-refractivity contribution in [2.24, 2.45) is 0 Å². The van der Waals surface area contributed by atoms with Crippen molar-refractivity contribution >= 4 is 40.5 Å². The molecule has 13 nitrogen and oxygen atoms in total. The Labute approximate surface area is 156 Å². The Hall–Kier alpha value is -3.58. The van der Waals surface area contributed by atoms with E-state index in [1.54, 1.807) is 14.1 Å². The largest absolute Gasteiger partial charge is 0.356 e. The van der Waals surface area contributed by atoms with Crippen LogP contribution < -0.4 is 16.3 Å². The Morgan fingerprint density at radius 1 is 1.15 bits per heavy atom. The molecule has 2 rings (SSSR count). The standard InChI is InChI=1S/C13H13ClN8O5/c1-20(2)19-12-10(22(26)27)11(15-6-16-12)17-18-13(23)7-3-4-8(14)9(5-7)21(24)25/h3-6H,1-2H3,(H,18,23)(H2,15,16,17,19). The maximum absolute atomic E-state index is 12.2. The van der Waals surface area contributed by atoms with Crippen molar-refractivity contribution < 1.29 is 14.6 Å². The van der Waals surface area contributed by atoms with Crippen LogP contribution in [0.15, 0.2) is 24.5 Å².